The second kappa shape index (κ2) is 8.06. The Balaban J connectivity index is 1.73. The van der Waals surface area contributed by atoms with E-state index in [-0.39, 0.29) is 24.8 Å². The second-order valence-corrected chi connectivity index (χ2v) is 7.75. The van der Waals surface area contributed by atoms with Gasteiger partial charge in [-0.05, 0) is 36.2 Å². The number of aliphatic hydroxyl groups is 1. The van der Waals surface area contributed by atoms with Gasteiger partial charge in [0, 0.05) is 19.6 Å². The molecule has 0 radical (unpaired) electrons. The van der Waals surface area contributed by atoms with Crippen molar-refractivity contribution in [2.75, 3.05) is 19.7 Å². The van der Waals surface area contributed by atoms with Gasteiger partial charge < -0.3 is 15.7 Å². The highest BCUT2D eigenvalue weighted by atomic mass is 16.3. The molecular formula is C21H27N3O3. The van der Waals surface area contributed by atoms with Crippen molar-refractivity contribution < 1.29 is 14.7 Å². The fourth-order valence-corrected chi connectivity index (χ4v) is 3.39. The molecule has 1 fully saturated rings. The zero-order valence-corrected chi connectivity index (χ0v) is 15.9. The van der Waals surface area contributed by atoms with Crippen LogP contribution in [0.4, 0.5) is 0 Å². The molecule has 3 rings (SSSR count). The third-order valence-electron chi connectivity index (χ3n) is 4.89. The van der Waals surface area contributed by atoms with Gasteiger partial charge in [-0.3, -0.25) is 14.5 Å². The molecule has 1 unspecified atom stereocenters. The first kappa shape index (κ1) is 19.3. The van der Waals surface area contributed by atoms with Gasteiger partial charge in [0.05, 0.1) is 24.6 Å². The molecule has 144 valence electrons. The summed E-state index contributed by atoms with van der Waals surface area (Å²) in [6, 6.07) is 13.9. The van der Waals surface area contributed by atoms with Crippen molar-refractivity contribution in [3.63, 3.8) is 0 Å². The minimum Gasteiger partial charge on any atom is -0.394 e. The number of rotatable bonds is 6. The molecule has 0 bridgehead atoms. The molecule has 2 aromatic carbocycles. The normalized spacial score (nSPS) is 18.3. The average Bonchev–Trinajstić information content (AvgIpc) is 2.64. The van der Waals surface area contributed by atoms with Gasteiger partial charge in [-0.1, -0.05) is 36.4 Å². The summed E-state index contributed by atoms with van der Waals surface area (Å²) in [5, 5.41) is 17.3. The van der Waals surface area contributed by atoms with Gasteiger partial charge in [0.15, 0.2) is 0 Å². The Labute approximate surface area is 159 Å². The summed E-state index contributed by atoms with van der Waals surface area (Å²) >= 11 is 0. The van der Waals surface area contributed by atoms with E-state index >= 15 is 0 Å². The molecule has 0 aliphatic carbocycles. The number of piperazine rings is 1. The highest BCUT2D eigenvalue weighted by molar-refractivity contribution is 5.89. The first-order valence-corrected chi connectivity index (χ1v) is 9.29. The number of nitrogens with zero attached hydrogens (tertiary/aromatic N) is 1. The molecule has 6 nitrogen and oxygen atoms in total. The number of carbonyl (C=O) groups excluding carboxylic acids is 2. The highest BCUT2D eigenvalue weighted by Crippen LogP contribution is 2.19. The maximum absolute atomic E-state index is 12.4. The lowest BCUT2D eigenvalue weighted by Crippen LogP contribution is -2.57. The highest BCUT2D eigenvalue weighted by Gasteiger charge is 2.32. The van der Waals surface area contributed by atoms with Crippen molar-refractivity contribution in [2.45, 2.75) is 38.4 Å². The van der Waals surface area contributed by atoms with Gasteiger partial charge in [-0.15, -0.1) is 0 Å². The van der Waals surface area contributed by atoms with E-state index in [4.69, 9.17) is 0 Å². The summed E-state index contributed by atoms with van der Waals surface area (Å²) in [6.07, 6.45) is 0.0723. The molecule has 3 N–H and O–H groups in total. The predicted molar refractivity (Wildman–Crippen MR) is 105 cm³/mol. The smallest absolute Gasteiger partial charge is 0.237 e. The number of benzene rings is 2. The quantitative estimate of drug-likeness (QED) is 0.719. The van der Waals surface area contributed by atoms with E-state index in [0.29, 0.717) is 19.6 Å². The Kier molecular flexibility index (Phi) is 5.77. The van der Waals surface area contributed by atoms with Crippen LogP contribution in [0.1, 0.15) is 25.8 Å². The van der Waals surface area contributed by atoms with E-state index in [2.05, 4.69) is 45.9 Å². The molecule has 1 aliphatic heterocycles. The van der Waals surface area contributed by atoms with Gasteiger partial charge in [0.25, 0.3) is 0 Å². The van der Waals surface area contributed by atoms with Gasteiger partial charge in [-0.25, -0.2) is 0 Å². The molecule has 1 heterocycles. The summed E-state index contributed by atoms with van der Waals surface area (Å²) in [6.45, 7) is 5.22. The molecule has 1 atom stereocenters. The van der Waals surface area contributed by atoms with Gasteiger partial charge >= 0.3 is 0 Å². The molecule has 0 saturated carbocycles. The second-order valence-electron chi connectivity index (χ2n) is 7.75. The van der Waals surface area contributed by atoms with Crippen LogP contribution in [0.25, 0.3) is 10.8 Å². The number of hydrogen-bond acceptors (Lipinski definition) is 4. The summed E-state index contributed by atoms with van der Waals surface area (Å²) < 4.78 is 0. The first-order chi connectivity index (χ1) is 12.9. The number of aliphatic hydroxyl groups excluding tert-OH is 1. The number of carbonyl (C=O) groups is 2. The number of amides is 2. The Morgan fingerprint density at radius 3 is 2.74 bits per heavy atom. The van der Waals surface area contributed by atoms with Crippen LogP contribution in [0.2, 0.25) is 0 Å². The van der Waals surface area contributed by atoms with E-state index in [9.17, 15) is 14.7 Å². The molecule has 0 spiro atoms. The zero-order chi connectivity index (χ0) is 19.4. The molecule has 27 heavy (non-hydrogen) atoms. The lowest BCUT2D eigenvalue weighted by atomic mass is 10.0. The topological polar surface area (TPSA) is 81.7 Å². The van der Waals surface area contributed by atoms with Crippen LogP contribution in [0.15, 0.2) is 42.5 Å². The van der Waals surface area contributed by atoms with Crippen LogP contribution >= 0.6 is 0 Å². The minimum atomic E-state index is -0.703. The lowest BCUT2D eigenvalue weighted by molar-refractivity contribution is -0.135. The molecular weight excluding hydrogens is 342 g/mol. The maximum Gasteiger partial charge on any atom is 0.237 e. The molecule has 1 saturated heterocycles. The lowest BCUT2D eigenvalue weighted by Gasteiger charge is -2.35. The summed E-state index contributed by atoms with van der Waals surface area (Å²) in [5.74, 6) is -0.362. The largest absolute Gasteiger partial charge is 0.394 e. The van der Waals surface area contributed by atoms with E-state index in [1.54, 1.807) is 13.8 Å². The van der Waals surface area contributed by atoms with Crippen LogP contribution in [-0.4, -0.2) is 53.1 Å². The molecule has 6 heteroatoms. The van der Waals surface area contributed by atoms with Gasteiger partial charge in [0.2, 0.25) is 11.8 Å². The van der Waals surface area contributed by atoms with Crippen molar-refractivity contribution in [1.82, 2.24) is 15.5 Å². The Morgan fingerprint density at radius 1 is 1.26 bits per heavy atom. The minimum absolute atomic E-state index is 0.0723. The molecule has 2 aromatic rings. The Bertz CT molecular complexity index is 834. The van der Waals surface area contributed by atoms with Crippen molar-refractivity contribution in [3.05, 3.63) is 48.0 Å². The summed E-state index contributed by atoms with van der Waals surface area (Å²) in [4.78, 5) is 26.8. The van der Waals surface area contributed by atoms with E-state index < -0.39 is 11.6 Å². The monoisotopic (exact) mass is 369 g/mol. The third-order valence-corrected chi connectivity index (χ3v) is 4.89. The van der Waals surface area contributed by atoms with Gasteiger partial charge in [-0.2, -0.15) is 0 Å². The average molecular weight is 369 g/mol. The van der Waals surface area contributed by atoms with Gasteiger partial charge in [0.1, 0.15) is 0 Å². The Morgan fingerprint density at radius 2 is 2.00 bits per heavy atom. The third kappa shape index (κ3) is 4.84. The first-order valence-electron chi connectivity index (χ1n) is 9.29. The van der Waals surface area contributed by atoms with E-state index in [1.807, 2.05) is 12.1 Å². The Hall–Kier alpha value is -2.44. The van der Waals surface area contributed by atoms with E-state index in [1.165, 1.54) is 5.39 Å². The van der Waals surface area contributed by atoms with Crippen LogP contribution in [0.3, 0.4) is 0 Å². The number of fused-ring (bicyclic) bond motifs is 1. The number of nitrogens with one attached hydrogen (secondary N) is 2. The van der Waals surface area contributed by atoms with Crippen molar-refractivity contribution in [1.29, 1.82) is 0 Å². The fraction of sp³-hybridized carbons (Fsp3) is 0.429. The van der Waals surface area contributed by atoms with Crippen molar-refractivity contribution >= 4 is 22.6 Å². The molecule has 2 amide bonds. The van der Waals surface area contributed by atoms with Crippen molar-refractivity contribution in [2.24, 2.45) is 0 Å². The zero-order valence-electron chi connectivity index (χ0n) is 15.9. The van der Waals surface area contributed by atoms with Crippen LogP contribution in [0, 0.1) is 0 Å². The predicted octanol–water partition coefficient (Wildman–Crippen LogP) is 1.42. The SMILES string of the molecule is CC(C)(CO)NC(=O)CC1C(=O)NCCN1Cc1ccc2ccccc2c1. The standard InChI is InChI=1S/C21H27N3O3/c1-21(2,14-25)23-19(26)12-18-20(27)22-9-10-24(18)13-15-7-8-16-5-3-4-6-17(16)11-15/h3-8,11,18,25H,9-10,12-14H2,1-2H3,(H,22,27)(H,23,26). The fourth-order valence-electron chi connectivity index (χ4n) is 3.39. The van der Waals surface area contributed by atoms with Crippen LogP contribution < -0.4 is 10.6 Å². The number of hydrogen-bond donors (Lipinski definition) is 3. The summed E-state index contributed by atoms with van der Waals surface area (Å²) in [7, 11) is 0. The van der Waals surface area contributed by atoms with Crippen LogP contribution in [0.5, 0.6) is 0 Å². The van der Waals surface area contributed by atoms with Crippen molar-refractivity contribution in [3.8, 4) is 0 Å². The maximum atomic E-state index is 12.4. The summed E-state index contributed by atoms with van der Waals surface area (Å²) in [5.41, 5.74) is 0.412. The van der Waals surface area contributed by atoms with Crippen LogP contribution in [-0.2, 0) is 16.1 Å². The van der Waals surface area contributed by atoms with E-state index in [0.717, 1.165) is 10.9 Å². The molecule has 1 aliphatic rings. The molecule has 0 aromatic heterocycles.